The van der Waals surface area contributed by atoms with Gasteiger partial charge in [-0.1, -0.05) is 31.5 Å². The molecule has 0 unspecified atom stereocenters. The Bertz CT molecular complexity index is 970. The number of rotatable bonds is 7. The molecule has 0 spiro atoms. The number of aryl methyl sites for hydroxylation is 1. The van der Waals surface area contributed by atoms with Gasteiger partial charge in [0.25, 0.3) is 5.91 Å². The van der Waals surface area contributed by atoms with E-state index in [4.69, 9.17) is 21.5 Å². The Hall–Kier alpha value is -1.94. The molecular weight excluding hydrogens is 412 g/mol. The first-order valence-corrected chi connectivity index (χ1v) is 10.9. The van der Waals surface area contributed by atoms with Crippen LogP contribution in [0.15, 0.2) is 28.5 Å². The fraction of sp³-hybridized carbons (Fsp3) is 0.294. The van der Waals surface area contributed by atoms with Crippen molar-refractivity contribution >= 4 is 50.5 Å². The number of hydrogen-bond donors (Lipinski definition) is 2. The van der Waals surface area contributed by atoms with E-state index in [0.29, 0.717) is 23.6 Å². The largest absolute Gasteiger partial charge is 0.451 e. The van der Waals surface area contributed by atoms with Gasteiger partial charge in [0.2, 0.25) is 10.0 Å². The lowest BCUT2D eigenvalue weighted by Gasteiger charge is -2.16. The molecule has 10 heteroatoms. The van der Waals surface area contributed by atoms with Gasteiger partial charge in [-0.3, -0.25) is 4.79 Å². The number of halogens is 1. The van der Waals surface area contributed by atoms with Crippen molar-refractivity contribution < 1.29 is 22.7 Å². The van der Waals surface area contributed by atoms with Crippen molar-refractivity contribution in [2.75, 3.05) is 11.9 Å². The highest BCUT2D eigenvalue weighted by atomic mass is 35.5. The van der Waals surface area contributed by atoms with E-state index in [0.717, 1.165) is 22.5 Å². The number of sulfonamides is 1. The summed E-state index contributed by atoms with van der Waals surface area (Å²) in [7, 11) is -4.05. The predicted molar refractivity (Wildman–Crippen MR) is 105 cm³/mol. The average molecular weight is 431 g/mol. The van der Waals surface area contributed by atoms with E-state index in [2.05, 4.69) is 5.32 Å². The summed E-state index contributed by atoms with van der Waals surface area (Å²) in [5, 5.41) is 9.73. The lowest BCUT2D eigenvalue weighted by atomic mass is 10.0. The summed E-state index contributed by atoms with van der Waals surface area (Å²) in [5.74, 6) is -1.48. The SMILES string of the molecule is CCc1ccc(Cl)c(CC)c1NC(=O)COC(=O)c1sccc1S(N)(=O)=O. The normalized spacial score (nSPS) is 11.3. The number of ether oxygens (including phenoxy) is 1. The van der Waals surface area contributed by atoms with Crippen LogP contribution in [0.2, 0.25) is 5.02 Å². The monoisotopic (exact) mass is 430 g/mol. The number of amides is 1. The Morgan fingerprint density at radius 1 is 1.22 bits per heavy atom. The van der Waals surface area contributed by atoms with E-state index in [9.17, 15) is 18.0 Å². The summed E-state index contributed by atoms with van der Waals surface area (Å²) in [6.07, 6.45) is 1.31. The minimum absolute atomic E-state index is 0.170. The first-order valence-electron chi connectivity index (χ1n) is 8.06. The maximum Gasteiger partial charge on any atom is 0.350 e. The number of nitrogens with one attached hydrogen (secondary N) is 1. The number of carbonyl (C=O) groups is 2. The van der Waals surface area contributed by atoms with Crippen molar-refractivity contribution in [2.24, 2.45) is 5.14 Å². The Labute approximate surface area is 166 Å². The molecule has 2 rings (SSSR count). The predicted octanol–water partition coefficient (Wildman–Crippen LogP) is 2.97. The standard InChI is InChI=1S/C17H19ClN2O5S2/c1-3-10-5-6-12(18)11(4-2)15(10)20-14(21)9-25-17(22)16-13(7-8-26-16)27(19,23)24/h5-8H,3-4,9H2,1-2H3,(H,20,21)(H2,19,23,24). The fourth-order valence-electron chi connectivity index (χ4n) is 2.51. The maximum atomic E-state index is 12.2. The van der Waals surface area contributed by atoms with E-state index in [1.165, 1.54) is 11.4 Å². The minimum Gasteiger partial charge on any atom is -0.451 e. The molecule has 3 N–H and O–H groups in total. The van der Waals surface area contributed by atoms with Crippen LogP contribution in [0.1, 0.15) is 34.6 Å². The lowest BCUT2D eigenvalue weighted by molar-refractivity contribution is -0.119. The Morgan fingerprint density at radius 3 is 2.52 bits per heavy atom. The zero-order valence-corrected chi connectivity index (χ0v) is 17.1. The van der Waals surface area contributed by atoms with Gasteiger partial charge in [-0.2, -0.15) is 0 Å². The summed E-state index contributed by atoms with van der Waals surface area (Å²) in [5.41, 5.74) is 2.31. The molecule has 0 saturated carbocycles. The summed E-state index contributed by atoms with van der Waals surface area (Å²) in [6.45, 7) is 3.30. The van der Waals surface area contributed by atoms with E-state index >= 15 is 0 Å². The second kappa shape index (κ2) is 8.83. The zero-order valence-electron chi connectivity index (χ0n) is 14.7. The number of hydrogen-bond acceptors (Lipinski definition) is 6. The van der Waals surface area contributed by atoms with Crippen LogP contribution in [0.25, 0.3) is 0 Å². The first-order chi connectivity index (χ1) is 12.7. The summed E-state index contributed by atoms with van der Waals surface area (Å²) in [6, 6.07) is 4.82. The molecular formula is C17H19ClN2O5S2. The van der Waals surface area contributed by atoms with Crippen molar-refractivity contribution in [3.8, 4) is 0 Å². The second-order valence-electron chi connectivity index (χ2n) is 5.55. The van der Waals surface area contributed by atoms with Gasteiger partial charge in [0.1, 0.15) is 9.77 Å². The molecule has 0 aliphatic rings. The van der Waals surface area contributed by atoms with Crippen LogP contribution in [0.3, 0.4) is 0 Å². The van der Waals surface area contributed by atoms with Gasteiger partial charge in [-0.05, 0) is 41.5 Å². The second-order valence-corrected chi connectivity index (χ2v) is 8.40. The van der Waals surface area contributed by atoms with Gasteiger partial charge in [-0.15, -0.1) is 11.3 Å². The molecule has 0 bridgehead atoms. The van der Waals surface area contributed by atoms with E-state index < -0.39 is 28.5 Å². The van der Waals surface area contributed by atoms with Crippen molar-refractivity contribution in [3.63, 3.8) is 0 Å². The third-order valence-electron chi connectivity index (χ3n) is 3.80. The quantitative estimate of drug-likeness (QED) is 0.655. The topological polar surface area (TPSA) is 116 Å². The van der Waals surface area contributed by atoms with E-state index in [1.54, 1.807) is 6.07 Å². The molecule has 2 aromatic rings. The molecule has 27 heavy (non-hydrogen) atoms. The molecule has 0 atom stereocenters. The smallest absolute Gasteiger partial charge is 0.350 e. The molecule has 7 nitrogen and oxygen atoms in total. The van der Waals surface area contributed by atoms with E-state index in [1.807, 2.05) is 19.9 Å². The summed E-state index contributed by atoms with van der Waals surface area (Å²) >= 11 is 7.06. The highest BCUT2D eigenvalue weighted by Crippen LogP contribution is 2.29. The minimum atomic E-state index is -4.05. The number of thiophene rings is 1. The Morgan fingerprint density at radius 2 is 1.93 bits per heavy atom. The third kappa shape index (κ3) is 5.07. The van der Waals surface area contributed by atoms with Crippen LogP contribution < -0.4 is 10.5 Å². The van der Waals surface area contributed by atoms with Gasteiger partial charge in [0, 0.05) is 10.7 Å². The number of benzene rings is 1. The number of nitrogens with two attached hydrogens (primary N) is 1. The molecule has 146 valence electrons. The first kappa shape index (κ1) is 21.4. The van der Waals surface area contributed by atoms with E-state index in [-0.39, 0.29) is 9.77 Å². The van der Waals surface area contributed by atoms with Crippen LogP contribution in [0, 0.1) is 0 Å². The summed E-state index contributed by atoms with van der Waals surface area (Å²) < 4.78 is 27.9. The third-order valence-corrected chi connectivity index (χ3v) is 6.13. The molecule has 0 fully saturated rings. The maximum absolute atomic E-state index is 12.2. The fourth-order valence-corrected chi connectivity index (χ4v) is 4.66. The van der Waals surface area contributed by atoms with Crippen LogP contribution in [-0.4, -0.2) is 26.9 Å². The van der Waals surface area contributed by atoms with Gasteiger partial charge in [0.05, 0.1) is 0 Å². The molecule has 0 saturated heterocycles. The molecule has 1 aromatic heterocycles. The molecule has 1 aromatic carbocycles. The highest BCUT2D eigenvalue weighted by Gasteiger charge is 2.23. The van der Waals surface area contributed by atoms with Crippen LogP contribution in [0.4, 0.5) is 5.69 Å². The number of carbonyl (C=O) groups excluding carboxylic acids is 2. The van der Waals surface area contributed by atoms with Gasteiger partial charge in [0.15, 0.2) is 6.61 Å². The van der Waals surface area contributed by atoms with Crippen LogP contribution in [-0.2, 0) is 32.4 Å². The highest BCUT2D eigenvalue weighted by molar-refractivity contribution is 7.89. The molecule has 1 amide bonds. The van der Waals surface area contributed by atoms with Gasteiger partial charge >= 0.3 is 5.97 Å². The average Bonchev–Trinajstić information content (AvgIpc) is 3.10. The van der Waals surface area contributed by atoms with Crippen molar-refractivity contribution in [1.82, 2.24) is 0 Å². The lowest BCUT2D eigenvalue weighted by Crippen LogP contribution is -2.23. The zero-order chi connectivity index (χ0) is 20.2. The van der Waals surface area contributed by atoms with Crippen molar-refractivity contribution in [3.05, 3.63) is 44.6 Å². The molecule has 0 aliphatic heterocycles. The summed E-state index contributed by atoms with van der Waals surface area (Å²) in [4.78, 5) is 23.8. The number of anilines is 1. The van der Waals surface area contributed by atoms with Crippen molar-refractivity contribution in [1.29, 1.82) is 0 Å². The van der Waals surface area contributed by atoms with Crippen LogP contribution >= 0.6 is 22.9 Å². The number of esters is 1. The van der Waals surface area contributed by atoms with Crippen molar-refractivity contribution in [2.45, 2.75) is 31.6 Å². The molecule has 0 aliphatic carbocycles. The van der Waals surface area contributed by atoms with Crippen LogP contribution in [0.5, 0.6) is 0 Å². The number of primary sulfonamides is 1. The molecule has 1 heterocycles. The Kier molecular flexibility index (Phi) is 6.99. The Balaban J connectivity index is 2.11. The van der Waals surface area contributed by atoms with Gasteiger partial charge in [-0.25, -0.2) is 18.4 Å². The van der Waals surface area contributed by atoms with Gasteiger partial charge < -0.3 is 10.1 Å². The molecule has 0 radical (unpaired) electrons.